The number of methoxy groups -OCH3 is 1. The van der Waals surface area contributed by atoms with Crippen LogP contribution < -0.4 is 0 Å². The van der Waals surface area contributed by atoms with E-state index in [2.05, 4.69) is 26.8 Å². The summed E-state index contributed by atoms with van der Waals surface area (Å²) in [6.45, 7) is 9.82. The first-order chi connectivity index (χ1) is 12.6. The third-order valence-corrected chi connectivity index (χ3v) is 7.08. The maximum Gasteiger partial charge on any atom is 0.311 e. The average molecular weight is 370 g/mol. The van der Waals surface area contributed by atoms with Gasteiger partial charge in [-0.05, 0) is 61.1 Å². The summed E-state index contributed by atoms with van der Waals surface area (Å²) in [5.41, 5.74) is 2.37. The minimum Gasteiger partial charge on any atom is -0.469 e. The van der Waals surface area contributed by atoms with Crippen molar-refractivity contribution in [2.45, 2.75) is 71.6 Å². The van der Waals surface area contributed by atoms with Gasteiger partial charge in [-0.1, -0.05) is 33.3 Å². The SMILES string of the molecule is COC(=O)C1(C)CCCC2(C)c3cc(C(C)C)c(C(C)=O)cc3C(=O)CC12. The number of Topliss-reactive ketones (excluding diaryl/α,β-unsaturated/α-hetero) is 2. The molecule has 146 valence electrons. The Hall–Kier alpha value is -1.97. The topological polar surface area (TPSA) is 60.4 Å². The molecule has 1 aromatic carbocycles. The molecule has 0 aliphatic heterocycles. The highest BCUT2D eigenvalue weighted by molar-refractivity contribution is 6.04. The zero-order chi connectivity index (χ0) is 20.1. The summed E-state index contributed by atoms with van der Waals surface area (Å²) in [7, 11) is 1.42. The standard InChI is InChI=1S/C23H30O4/c1-13(2)15-11-18-17(10-16(15)14(3)24)19(25)12-20-22(18,4)8-7-9-23(20,5)21(26)27-6/h10-11,13,20H,7-9,12H2,1-6H3. The van der Waals surface area contributed by atoms with E-state index < -0.39 is 5.41 Å². The van der Waals surface area contributed by atoms with E-state index in [1.54, 1.807) is 13.0 Å². The predicted molar refractivity (Wildman–Crippen MR) is 104 cm³/mol. The Bertz CT molecular complexity index is 822. The molecule has 0 saturated heterocycles. The molecule has 27 heavy (non-hydrogen) atoms. The van der Waals surface area contributed by atoms with E-state index in [9.17, 15) is 14.4 Å². The summed E-state index contributed by atoms with van der Waals surface area (Å²) in [5, 5.41) is 0. The Morgan fingerprint density at radius 2 is 1.85 bits per heavy atom. The number of benzene rings is 1. The summed E-state index contributed by atoms with van der Waals surface area (Å²) in [6, 6.07) is 3.88. The first-order valence-corrected chi connectivity index (χ1v) is 9.87. The van der Waals surface area contributed by atoms with Gasteiger partial charge in [0.2, 0.25) is 0 Å². The van der Waals surface area contributed by atoms with Crippen LogP contribution in [0.2, 0.25) is 0 Å². The Labute approximate surface area is 161 Å². The van der Waals surface area contributed by atoms with Crippen LogP contribution >= 0.6 is 0 Å². The van der Waals surface area contributed by atoms with Gasteiger partial charge < -0.3 is 4.74 Å². The largest absolute Gasteiger partial charge is 0.469 e. The quantitative estimate of drug-likeness (QED) is 0.564. The number of hydrogen-bond acceptors (Lipinski definition) is 4. The van der Waals surface area contributed by atoms with Gasteiger partial charge in [0.15, 0.2) is 11.6 Å². The number of ether oxygens (including phenoxy) is 1. The van der Waals surface area contributed by atoms with Gasteiger partial charge in [-0.2, -0.15) is 0 Å². The number of carbonyl (C=O) groups is 3. The summed E-state index contributed by atoms with van der Waals surface area (Å²) in [5.74, 6) is -0.107. The average Bonchev–Trinajstić information content (AvgIpc) is 2.62. The van der Waals surface area contributed by atoms with Crippen LogP contribution in [0.4, 0.5) is 0 Å². The van der Waals surface area contributed by atoms with Gasteiger partial charge in [0.05, 0.1) is 12.5 Å². The molecule has 0 heterocycles. The van der Waals surface area contributed by atoms with Crippen LogP contribution in [0.5, 0.6) is 0 Å². The van der Waals surface area contributed by atoms with Crippen molar-refractivity contribution in [2.24, 2.45) is 11.3 Å². The smallest absolute Gasteiger partial charge is 0.311 e. The Balaban J connectivity index is 2.24. The molecule has 1 fully saturated rings. The lowest BCUT2D eigenvalue weighted by atomic mass is 9.49. The third-order valence-electron chi connectivity index (χ3n) is 7.08. The van der Waals surface area contributed by atoms with Gasteiger partial charge in [-0.3, -0.25) is 14.4 Å². The van der Waals surface area contributed by atoms with Crippen LogP contribution in [0.1, 0.15) is 98.1 Å². The number of fused-ring (bicyclic) bond motifs is 3. The van der Waals surface area contributed by atoms with Crippen molar-refractivity contribution < 1.29 is 19.1 Å². The monoisotopic (exact) mass is 370 g/mol. The predicted octanol–water partition coefficient (Wildman–Crippen LogP) is 4.84. The molecule has 4 heteroatoms. The summed E-state index contributed by atoms with van der Waals surface area (Å²) in [6.07, 6.45) is 2.91. The van der Waals surface area contributed by atoms with Crippen molar-refractivity contribution in [3.8, 4) is 0 Å². The van der Waals surface area contributed by atoms with Crippen LogP contribution in [0.25, 0.3) is 0 Å². The second-order valence-electron chi connectivity index (χ2n) is 9.06. The molecule has 0 spiro atoms. The molecule has 3 rings (SSSR count). The van der Waals surface area contributed by atoms with E-state index in [1.165, 1.54) is 7.11 Å². The molecule has 2 aliphatic carbocycles. The molecule has 0 bridgehead atoms. The highest BCUT2D eigenvalue weighted by Gasteiger charge is 2.57. The number of carbonyl (C=O) groups excluding carboxylic acids is 3. The molecule has 3 unspecified atom stereocenters. The third kappa shape index (κ3) is 2.84. The lowest BCUT2D eigenvalue weighted by Crippen LogP contribution is -2.53. The molecule has 3 atom stereocenters. The number of ketones is 2. The van der Waals surface area contributed by atoms with Crippen molar-refractivity contribution in [3.05, 3.63) is 34.4 Å². The second kappa shape index (κ2) is 6.57. The van der Waals surface area contributed by atoms with E-state index in [-0.39, 0.29) is 34.8 Å². The van der Waals surface area contributed by atoms with E-state index in [0.29, 0.717) is 17.5 Å². The lowest BCUT2D eigenvalue weighted by molar-refractivity contribution is -0.160. The van der Waals surface area contributed by atoms with Crippen molar-refractivity contribution in [1.82, 2.24) is 0 Å². The van der Waals surface area contributed by atoms with Gasteiger partial charge in [0.25, 0.3) is 0 Å². The zero-order valence-electron chi connectivity index (χ0n) is 17.3. The fourth-order valence-electron chi connectivity index (χ4n) is 5.52. The van der Waals surface area contributed by atoms with E-state index in [1.807, 2.05) is 6.92 Å². The van der Waals surface area contributed by atoms with E-state index in [4.69, 9.17) is 4.74 Å². The molecular weight excluding hydrogens is 340 g/mol. The zero-order valence-corrected chi connectivity index (χ0v) is 17.3. The summed E-state index contributed by atoms with van der Waals surface area (Å²) < 4.78 is 5.13. The summed E-state index contributed by atoms with van der Waals surface area (Å²) >= 11 is 0. The lowest BCUT2D eigenvalue weighted by Gasteiger charge is -2.53. The molecule has 4 nitrogen and oxygen atoms in total. The van der Waals surface area contributed by atoms with Crippen molar-refractivity contribution >= 4 is 17.5 Å². The first kappa shape index (κ1) is 19.8. The highest BCUT2D eigenvalue weighted by atomic mass is 16.5. The van der Waals surface area contributed by atoms with Crippen LogP contribution in [0, 0.1) is 11.3 Å². The number of esters is 1. The normalized spacial score (nSPS) is 29.9. The van der Waals surface area contributed by atoms with E-state index in [0.717, 1.165) is 30.4 Å². The van der Waals surface area contributed by atoms with Gasteiger partial charge in [0, 0.05) is 17.5 Å². The molecule has 1 saturated carbocycles. The van der Waals surface area contributed by atoms with Gasteiger partial charge in [-0.15, -0.1) is 0 Å². The van der Waals surface area contributed by atoms with Crippen LogP contribution in [0.3, 0.4) is 0 Å². The maximum atomic E-state index is 13.1. The fraction of sp³-hybridized carbons (Fsp3) is 0.609. The highest BCUT2D eigenvalue weighted by Crippen LogP contribution is 2.58. The van der Waals surface area contributed by atoms with Crippen LogP contribution in [-0.4, -0.2) is 24.6 Å². The minimum absolute atomic E-state index is 0.00961. The minimum atomic E-state index is -0.660. The van der Waals surface area contributed by atoms with Crippen molar-refractivity contribution in [2.75, 3.05) is 7.11 Å². The molecule has 0 amide bonds. The number of rotatable bonds is 3. The second-order valence-corrected chi connectivity index (χ2v) is 9.06. The maximum absolute atomic E-state index is 13.1. The Morgan fingerprint density at radius 3 is 2.41 bits per heavy atom. The van der Waals surface area contributed by atoms with Gasteiger partial charge in [0.1, 0.15) is 0 Å². The molecule has 2 aliphatic rings. The molecule has 1 aromatic rings. The Kier molecular flexibility index (Phi) is 4.82. The van der Waals surface area contributed by atoms with Gasteiger partial charge in [-0.25, -0.2) is 0 Å². The molecule has 0 radical (unpaired) electrons. The van der Waals surface area contributed by atoms with Crippen molar-refractivity contribution in [1.29, 1.82) is 0 Å². The summed E-state index contributed by atoms with van der Waals surface area (Å²) in [4.78, 5) is 37.9. The molecular formula is C23H30O4. The molecule has 0 N–H and O–H groups in total. The Morgan fingerprint density at radius 1 is 1.19 bits per heavy atom. The first-order valence-electron chi connectivity index (χ1n) is 9.87. The molecule has 0 aromatic heterocycles. The number of hydrogen-bond donors (Lipinski definition) is 0. The van der Waals surface area contributed by atoms with Crippen LogP contribution in [0.15, 0.2) is 12.1 Å². The van der Waals surface area contributed by atoms with E-state index >= 15 is 0 Å². The van der Waals surface area contributed by atoms with Gasteiger partial charge >= 0.3 is 5.97 Å². The fourth-order valence-corrected chi connectivity index (χ4v) is 5.52. The van der Waals surface area contributed by atoms with Crippen molar-refractivity contribution in [3.63, 3.8) is 0 Å². The van der Waals surface area contributed by atoms with Crippen LogP contribution in [-0.2, 0) is 14.9 Å².